The second kappa shape index (κ2) is 4.92. The van der Waals surface area contributed by atoms with Gasteiger partial charge in [-0.3, -0.25) is 0 Å². The van der Waals surface area contributed by atoms with Gasteiger partial charge in [0.2, 0.25) is 0 Å². The maximum atomic E-state index is 10.9. The maximum absolute atomic E-state index is 10.9. The van der Waals surface area contributed by atoms with Crippen LogP contribution in [0, 0.1) is 0 Å². The third-order valence-electron chi connectivity index (χ3n) is 2.88. The fraction of sp³-hybridized carbons (Fsp3) is 0.308. The molecule has 0 radical (unpaired) electrons. The molecule has 90 valence electrons. The van der Waals surface area contributed by atoms with Gasteiger partial charge < -0.3 is 10.0 Å². The lowest BCUT2D eigenvalue weighted by molar-refractivity contribution is 0.0696. The number of hydrogen-bond donors (Lipinski definition) is 1. The molecule has 1 aliphatic rings. The first-order valence-electron chi connectivity index (χ1n) is 5.51. The van der Waals surface area contributed by atoms with Crippen LogP contribution >= 0.6 is 15.9 Å². The fourth-order valence-corrected chi connectivity index (χ4v) is 2.54. The Bertz CT molecular complexity index is 482. The first-order chi connectivity index (χ1) is 8.08. The Hall–Kier alpha value is -1.29. The van der Waals surface area contributed by atoms with Crippen molar-refractivity contribution in [1.29, 1.82) is 0 Å². The molecule has 1 aliphatic heterocycles. The molecule has 0 amide bonds. The van der Waals surface area contributed by atoms with Crippen LogP contribution in [0.1, 0.15) is 23.7 Å². The molecule has 2 rings (SSSR count). The number of aromatic carboxylic acids is 1. The number of rotatable bonds is 2. The molecule has 0 saturated heterocycles. The highest BCUT2D eigenvalue weighted by molar-refractivity contribution is 9.10. The Labute approximate surface area is 109 Å². The molecule has 0 aliphatic carbocycles. The van der Waals surface area contributed by atoms with Gasteiger partial charge in [0, 0.05) is 23.2 Å². The van der Waals surface area contributed by atoms with Crippen LogP contribution in [-0.4, -0.2) is 24.2 Å². The third kappa shape index (κ3) is 2.69. The number of hydrogen-bond acceptors (Lipinski definition) is 2. The smallest absolute Gasteiger partial charge is 0.336 e. The standard InChI is InChI=1S/C13H14BrNO2/c1-9-3-2-6-15(8-9)10-4-5-11(13(16)17)12(14)7-10/h3-5,7H,2,6,8H2,1H3,(H,16,17). The van der Waals surface area contributed by atoms with E-state index in [9.17, 15) is 4.79 Å². The van der Waals surface area contributed by atoms with E-state index >= 15 is 0 Å². The Morgan fingerprint density at radius 2 is 2.24 bits per heavy atom. The first kappa shape index (κ1) is 12.2. The van der Waals surface area contributed by atoms with Gasteiger partial charge in [-0.05, 0) is 47.5 Å². The van der Waals surface area contributed by atoms with Gasteiger partial charge in [0.05, 0.1) is 5.56 Å². The second-order valence-electron chi connectivity index (χ2n) is 4.23. The Morgan fingerprint density at radius 3 is 2.82 bits per heavy atom. The molecule has 17 heavy (non-hydrogen) atoms. The van der Waals surface area contributed by atoms with Crippen molar-refractivity contribution in [3.63, 3.8) is 0 Å². The lowest BCUT2D eigenvalue weighted by atomic mass is 10.1. The Kier molecular flexibility index (Phi) is 3.52. The molecular weight excluding hydrogens is 282 g/mol. The van der Waals surface area contributed by atoms with Crippen molar-refractivity contribution in [3.8, 4) is 0 Å². The second-order valence-corrected chi connectivity index (χ2v) is 5.08. The van der Waals surface area contributed by atoms with Crippen LogP contribution in [0.2, 0.25) is 0 Å². The van der Waals surface area contributed by atoms with Gasteiger partial charge in [0.1, 0.15) is 0 Å². The van der Waals surface area contributed by atoms with Gasteiger partial charge >= 0.3 is 5.97 Å². The van der Waals surface area contributed by atoms with Crippen molar-refractivity contribution in [2.45, 2.75) is 13.3 Å². The number of carboxylic acid groups (broad SMARTS) is 1. The number of nitrogens with zero attached hydrogens (tertiary/aromatic N) is 1. The SMILES string of the molecule is CC1=CCCN(c2ccc(C(=O)O)c(Br)c2)C1. The molecule has 0 spiro atoms. The topological polar surface area (TPSA) is 40.5 Å². The van der Waals surface area contributed by atoms with Crippen molar-refractivity contribution >= 4 is 27.6 Å². The summed E-state index contributed by atoms with van der Waals surface area (Å²) in [7, 11) is 0. The molecule has 0 unspecified atom stereocenters. The molecule has 0 fully saturated rings. The van der Waals surface area contributed by atoms with Crippen molar-refractivity contribution in [3.05, 3.63) is 39.9 Å². The van der Waals surface area contributed by atoms with Gasteiger partial charge in [-0.25, -0.2) is 4.79 Å². The maximum Gasteiger partial charge on any atom is 0.336 e. The zero-order valence-corrected chi connectivity index (χ0v) is 11.2. The summed E-state index contributed by atoms with van der Waals surface area (Å²) in [5.74, 6) is -0.904. The van der Waals surface area contributed by atoms with Crippen LogP contribution in [0.15, 0.2) is 34.3 Å². The fourth-order valence-electron chi connectivity index (χ4n) is 2.01. The lowest BCUT2D eigenvalue weighted by Crippen LogP contribution is -2.29. The quantitative estimate of drug-likeness (QED) is 0.851. The molecule has 1 heterocycles. The molecule has 0 atom stereocenters. The lowest BCUT2D eigenvalue weighted by Gasteiger charge is -2.28. The van der Waals surface area contributed by atoms with Crippen molar-refractivity contribution < 1.29 is 9.90 Å². The number of halogens is 1. The van der Waals surface area contributed by atoms with E-state index in [0.29, 0.717) is 10.0 Å². The van der Waals surface area contributed by atoms with Crippen molar-refractivity contribution in [2.24, 2.45) is 0 Å². The summed E-state index contributed by atoms with van der Waals surface area (Å²) in [5.41, 5.74) is 2.72. The van der Waals surface area contributed by atoms with Crippen LogP contribution in [0.25, 0.3) is 0 Å². The minimum atomic E-state index is -0.904. The van der Waals surface area contributed by atoms with E-state index in [4.69, 9.17) is 5.11 Å². The molecule has 4 heteroatoms. The van der Waals surface area contributed by atoms with Gasteiger partial charge in [0.15, 0.2) is 0 Å². The Balaban J connectivity index is 2.26. The first-order valence-corrected chi connectivity index (χ1v) is 6.30. The summed E-state index contributed by atoms with van der Waals surface area (Å²) >= 11 is 3.31. The molecular formula is C13H14BrNO2. The van der Waals surface area contributed by atoms with Crippen LogP contribution in [0.4, 0.5) is 5.69 Å². The predicted molar refractivity (Wildman–Crippen MR) is 71.7 cm³/mol. The molecule has 0 bridgehead atoms. The number of anilines is 1. The van der Waals surface area contributed by atoms with E-state index in [1.165, 1.54) is 5.57 Å². The summed E-state index contributed by atoms with van der Waals surface area (Å²) in [5, 5.41) is 8.96. The molecule has 1 aromatic carbocycles. The molecule has 1 N–H and O–H groups in total. The zero-order chi connectivity index (χ0) is 12.4. The van der Waals surface area contributed by atoms with E-state index in [-0.39, 0.29) is 0 Å². The summed E-state index contributed by atoms with van der Waals surface area (Å²) < 4.78 is 0.634. The largest absolute Gasteiger partial charge is 0.478 e. The summed E-state index contributed by atoms with van der Waals surface area (Å²) in [6.45, 7) is 4.02. The van der Waals surface area contributed by atoms with Crippen LogP contribution in [0.5, 0.6) is 0 Å². The number of benzene rings is 1. The van der Waals surface area contributed by atoms with Crippen LogP contribution < -0.4 is 4.90 Å². The summed E-state index contributed by atoms with van der Waals surface area (Å²) in [4.78, 5) is 13.2. The van der Waals surface area contributed by atoms with Gasteiger partial charge in [0.25, 0.3) is 0 Å². The molecule has 0 aromatic heterocycles. The third-order valence-corrected chi connectivity index (χ3v) is 3.54. The van der Waals surface area contributed by atoms with Gasteiger partial charge in [-0.15, -0.1) is 0 Å². The number of carbonyl (C=O) groups is 1. The van der Waals surface area contributed by atoms with Gasteiger partial charge in [-0.1, -0.05) is 11.6 Å². The average molecular weight is 296 g/mol. The minimum absolute atomic E-state index is 0.304. The van der Waals surface area contributed by atoms with E-state index in [0.717, 1.165) is 25.2 Å². The molecule has 0 saturated carbocycles. The van der Waals surface area contributed by atoms with Crippen molar-refractivity contribution in [2.75, 3.05) is 18.0 Å². The normalized spacial score (nSPS) is 15.6. The van der Waals surface area contributed by atoms with Crippen LogP contribution in [0.3, 0.4) is 0 Å². The predicted octanol–water partition coefficient (Wildman–Crippen LogP) is 3.30. The van der Waals surface area contributed by atoms with E-state index in [1.807, 2.05) is 12.1 Å². The number of carboxylic acids is 1. The highest BCUT2D eigenvalue weighted by Crippen LogP contribution is 2.26. The molecule has 1 aromatic rings. The van der Waals surface area contributed by atoms with Crippen LogP contribution in [-0.2, 0) is 0 Å². The monoisotopic (exact) mass is 295 g/mol. The zero-order valence-electron chi connectivity index (χ0n) is 9.61. The van der Waals surface area contributed by atoms with E-state index < -0.39 is 5.97 Å². The Morgan fingerprint density at radius 1 is 1.47 bits per heavy atom. The average Bonchev–Trinajstić information content (AvgIpc) is 2.28. The van der Waals surface area contributed by atoms with E-state index in [1.54, 1.807) is 6.07 Å². The highest BCUT2D eigenvalue weighted by Gasteiger charge is 2.14. The summed E-state index contributed by atoms with van der Waals surface area (Å²) in [6.07, 6.45) is 3.29. The van der Waals surface area contributed by atoms with E-state index in [2.05, 4.69) is 33.8 Å². The van der Waals surface area contributed by atoms with Gasteiger partial charge in [-0.2, -0.15) is 0 Å². The minimum Gasteiger partial charge on any atom is -0.478 e. The van der Waals surface area contributed by atoms with Crippen molar-refractivity contribution in [1.82, 2.24) is 0 Å². The molecule has 3 nitrogen and oxygen atoms in total. The highest BCUT2D eigenvalue weighted by atomic mass is 79.9. The summed E-state index contributed by atoms with van der Waals surface area (Å²) in [6, 6.07) is 5.39.